The summed E-state index contributed by atoms with van der Waals surface area (Å²) in [5.74, 6) is 0.560. The summed E-state index contributed by atoms with van der Waals surface area (Å²) in [4.78, 5) is 0. The van der Waals surface area contributed by atoms with Gasteiger partial charge in [0.2, 0.25) is 0 Å². The van der Waals surface area contributed by atoms with E-state index in [0.29, 0.717) is 5.92 Å². The minimum Gasteiger partial charge on any atom is -0.320 e. The Morgan fingerprint density at radius 1 is 1.18 bits per heavy atom. The van der Waals surface area contributed by atoms with E-state index >= 15 is 0 Å². The molecule has 0 aliphatic carbocycles. The number of hydrogen-bond acceptors (Lipinski definition) is 1. The van der Waals surface area contributed by atoms with Crippen LogP contribution >= 0.6 is 0 Å². The molecule has 1 nitrogen and oxygen atoms in total. The highest BCUT2D eigenvalue weighted by molar-refractivity contribution is 5.13. The van der Waals surface area contributed by atoms with Gasteiger partial charge in [-0.25, -0.2) is 0 Å². The number of nitrogens with one attached hydrogen (secondary N) is 1. The molecule has 0 saturated heterocycles. The van der Waals surface area contributed by atoms with Crippen molar-refractivity contribution in [3.63, 3.8) is 0 Å². The molecule has 0 spiro atoms. The lowest BCUT2D eigenvalue weighted by molar-refractivity contribution is 0.595. The van der Waals surface area contributed by atoms with E-state index in [1.165, 1.54) is 0 Å². The molecule has 0 aromatic heterocycles. The van der Waals surface area contributed by atoms with Gasteiger partial charge in [0, 0.05) is 0 Å². The summed E-state index contributed by atoms with van der Waals surface area (Å²) >= 11 is 0. The van der Waals surface area contributed by atoms with Gasteiger partial charge in [0.25, 0.3) is 0 Å². The summed E-state index contributed by atoms with van der Waals surface area (Å²) < 4.78 is 0. The van der Waals surface area contributed by atoms with E-state index in [9.17, 15) is 0 Å². The monoisotopic (exact) mass is 241 g/mol. The molecule has 17 heavy (non-hydrogen) atoms. The molecule has 0 heterocycles. The Kier molecular flexibility index (Phi) is 43.5. The van der Waals surface area contributed by atoms with Gasteiger partial charge >= 0.3 is 0 Å². The summed E-state index contributed by atoms with van der Waals surface area (Å²) in [6.07, 6.45) is 4.72. The molecule has 1 heteroatoms. The fourth-order valence-corrected chi connectivity index (χ4v) is 0.747. The van der Waals surface area contributed by atoms with E-state index in [-0.39, 0.29) is 0 Å². The van der Waals surface area contributed by atoms with Gasteiger partial charge in [-0.05, 0) is 32.9 Å². The van der Waals surface area contributed by atoms with Crippen LogP contribution in [0.2, 0.25) is 0 Å². The molecule has 0 fully saturated rings. The second-order valence-electron chi connectivity index (χ2n) is 2.98. The lowest BCUT2D eigenvalue weighted by atomic mass is 9.99. The number of hydrogen-bond donors (Lipinski definition) is 1. The molecule has 1 unspecified atom stereocenters. The van der Waals surface area contributed by atoms with Gasteiger partial charge in [-0.15, -0.1) is 6.58 Å². The van der Waals surface area contributed by atoms with Crippen LogP contribution in [-0.2, 0) is 0 Å². The first-order valence-electron chi connectivity index (χ1n) is 6.66. The molecular formula is C16H35N. The molecule has 0 aromatic rings. The molecule has 0 aliphatic rings. The SMILES string of the molecule is C=CC.C=CC(=C)C(C)CCNC.CC.CC. The summed E-state index contributed by atoms with van der Waals surface area (Å²) in [6.45, 7) is 24.0. The van der Waals surface area contributed by atoms with Gasteiger partial charge in [0.1, 0.15) is 0 Å². The van der Waals surface area contributed by atoms with E-state index in [4.69, 9.17) is 0 Å². The highest BCUT2D eigenvalue weighted by Crippen LogP contribution is 2.11. The lowest BCUT2D eigenvalue weighted by Gasteiger charge is -2.09. The average molecular weight is 241 g/mol. The van der Waals surface area contributed by atoms with E-state index in [1.807, 2.05) is 47.7 Å². The van der Waals surface area contributed by atoms with Gasteiger partial charge in [-0.1, -0.05) is 65.5 Å². The maximum atomic E-state index is 3.88. The molecule has 0 radical (unpaired) electrons. The standard InChI is InChI=1S/C9H17N.C3H6.2C2H6/c1-5-8(2)9(3)6-7-10-4;1-3-2;2*1-2/h5,9-10H,1-2,6-7H2,3-4H3;3H,1H2,2H3;2*1-2H3. The minimum atomic E-state index is 0.560. The molecule has 0 aromatic carbocycles. The van der Waals surface area contributed by atoms with Crippen LogP contribution in [0.5, 0.6) is 0 Å². The van der Waals surface area contributed by atoms with Crippen molar-refractivity contribution in [3.8, 4) is 0 Å². The molecule has 0 amide bonds. The molecule has 1 atom stereocenters. The maximum absolute atomic E-state index is 3.88. The minimum absolute atomic E-state index is 0.560. The van der Waals surface area contributed by atoms with Crippen molar-refractivity contribution in [3.05, 3.63) is 37.5 Å². The Hall–Kier alpha value is -0.820. The molecule has 104 valence electrons. The van der Waals surface area contributed by atoms with Gasteiger partial charge in [0.15, 0.2) is 0 Å². The predicted molar refractivity (Wildman–Crippen MR) is 85.6 cm³/mol. The normalized spacial score (nSPS) is 8.88. The van der Waals surface area contributed by atoms with Crippen molar-refractivity contribution in [2.24, 2.45) is 5.92 Å². The topological polar surface area (TPSA) is 12.0 Å². The van der Waals surface area contributed by atoms with E-state index in [0.717, 1.165) is 18.5 Å². The van der Waals surface area contributed by atoms with Gasteiger partial charge in [-0.3, -0.25) is 0 Å². The van der Waals surface area contributed by atoms with Crippen molar-refractivity contribution >= 4 is 0 Å². The van der Waals surface area contributed by atoms with Crippen molar-refractivity contribution in [1.29, 1.82) is 0 Å². The largest absolute Gasteiger partial charge is 0.320 e. The van der Waals surface area contributed by atoms with Crippen LogP contribution in [0, 0.1) is 5.92 Å². The third kappa shape index (κ3) is 31.3. The van der Waals surface area contributed by atoms with Crippen LogP contribution in [0.3, 0.4) is 0 Å². The third-order valence-corrected chi connectivity index (χ3v) is 1.72. The number of rotatable bonds is 5. The van der Waals surface area contributed by atoms with Crippen LogP contribution in [-0.4, -0.2) is 13.6 Å². The lowest BCUT2D eigenvalue weighted by Crippen LogP contribution is -2.11. The molecule has 0 bridgehead atoms. The Bertz CT molecular complexity index is 148. The molecule has 0 aliphatic heterocycles. The van der Waals surface area contributed by atoms with Crippen LogP contribution in [0.4, 0.5) is 0 Å². The maximum Gasteiger partial charge on any atom is -0.00462 e. The van der Waals surface area contributed by atoms with Crippen LogP contribution in [0.1, 0.15) is 48.0 Å². The van der Waals surface area contributed by atoms with Crippen LogP contribution in [0.15, 0.2) is 37.5 Å². The molecular weight excluding hydrogens is 206 g/mol. The second-order valence-corrected chi connectivity index (χ2v) is 2.98. The van der Waals surface area contributed by atoms with Gasteiger partial charge < -0.3 is 5.32 Å². The highest BCUT2D eigenvalue weighted by atomic mass is 14.8. The fraction of sp³-hybridized carbons (Fsp3) is 0.625. The van der Waals surface area contributed by atoms with Crippen LogP contribution in [0.25, 0.3) is 0 Å². The van der Waals surface area contributed by atoms with Gasteiger partial charge in [0.05, 0.1) is 0 Å². The zero-order valence-electron chi connectivity index (χ0n) is 13.3. The van der Waals surface area contributed by atoms with Gasteiger partial charge in [-0.2, -0.15) is 0 Å². The van der Waals surface area contributed by atoms with Crippen molar-refractivity contribution in [2.75, 3.05) is 13.6 Å². The van der Waals surface area contributed by atoms with Crippen molar-refractivity contribution in [1.82, 2.24) is 5.32 Å². The third-order valence-electron chi connectivity index (χ3n) is 1.72. The van der Waals surface area contributed by atoms with Crippen LogP contribution < -0.4 is 5.32 Å². The van der Waals surface area contributed by atoms with E-state index in [1.54, 1.807) is 6.08 Å². The van der Waals surface area contributed by atoms with Crippen molar-refractivity contribution in [2.45, 2.75) is 48.0 Å². The Balaban J connectivity index is -0.000000102. The molecule has 1 N–H and O–H groups in total. The van der Waals surface area contributed by atoms with Crippen molar-refractivity contribution < 1.29 is 0 Å². The Morgan fingerprint density at radius 2 is 1.53 bits per heavy atom. The fourth-order valence-electron chi connectivity index (χ4n) is 0.747. The summed E-state index contributed by atoms with van der Waals surface area (Å²) in [7, 11) is 1.96. The molecule has 0 saturated carbocycles. The highest BCUT2D eigenvalue weighted by Gasteiger charge is 2.00. The average Bonchev–Trinajstić information content (AvgIpc) is 2.40. The Morgan fingerprint density at radius 3 is 1.76 bits per heavy atom. The zero-order chi connectivity index (χ0) is 14.7. The molecule has 0 rings (SSSR count). The predicted octanol–water partition coefficient (Wildman–Crippen LogP) is 5.22. The Labute approximate surface area is 111 Å². The first-order valence-corrected chi connectivity index (χ1v) is 6.66. The van der Waals surface area contributed by atoms with E-state index in [2.05, 4.69) is 32.0 Å². The number of allylic oxidation sites excluding steroid dienone is 3. The second kappa shape index (κ2) is 29.5. The first kappa shape index (κ1) is 25.1. The smallest absolute Gasteiger partial charge is 0.00462 e. The van der Waals surface area contributed by atoms with E-state index < -0.39 is 0 Å². The quantitative estimate of drug-likeness (QED) is 0.514. The summed E-state index contributed by atoms with van der Waals surface area (Å²) in [5, 5.41) is 3.10. The summed E-state index contributed by atoms with van der Waals surface area (Å²) in [5.41, 5.74) is 1.13. The summed E-state index contributed by atoms with van der Waals surface area (Å²) in [6, 6.07) is 0. The zero-order valence-corrected chi connectivity index (χ0v) is 13.3. The first-order chi connectivity index (χ1) is 8.13.